The molecule has 0 rings (SSSR count). The highest BCUT2D eigenvalue weighted by atomic mass is 32.1. The first-order valence-corrected chi connectivity index (χ1v) is 4.39. The summed E-state index contributed by atoms with van der Waals surface area (Å²) in [5, 5.41) is 0. The summed E-state index contributed by atoms with van der Waals surface area (Å²) in [6.07, 6.45) is 1.57. The highest BCUT2D eigenvalue weighted by Gasteiger charge is 1.99. The first-order chi connectivity index (χ1) is 6.20. The Balaban J connectivity index is 3.21. The fourth-order valence-corrected chi connectivity index (χ4v) is 0.614. The normalized spacial score (nSPS) is 9.00. The SMILES string of the molecule is C=CC(=O)OCCCOC(=O)CS. The van der Waals surface area contributed by atoms with Crippen LogP contribution >= 0.6 is 12.6 Å². The van der Waals surface area contributed by atoms with Crippen molar-refractivity contribution in [3.05, 3.63) is 12.7 Å². The van der Waals surface area contributed by atoms with Gasteiger partial charge in [-0.15, -0.1) is 0 Å². The Kier molecular flexibility index (Phi) is 7.10. The van der Waals surface area contributed by atoms with E-state index in [2.05, 4.69) is 28.7 Å². The van der Waals surface area contributed by atoms with Crippen molar-refractivity contribution in [1.29, 1.82) is 0 Å². The van der Waals surface area contributed by atoms with Crippen molar-refractivity contribution in [2.75, 3.05) is 19.0 Å². The summed E-state index contributed by atoms with van der Waals surface area (Å²) in [7, 11) is 0. The number of carbonyl (C=O) groups is 2. The summed E-state index contributed by atoms with van der Waals surface area (Å²) in [5.41, 5.74) is 0. The molecule has 0 N–H and O–H groups in total. The van der Waals surface area contributed by atoms with Crippen LogP contribution in [-0.2, 0) is 19.1 Å². The Bertz CT molecular complexity index is 191. The first kappa shape index (κ1) is 12.0. The van der Waals surface area contributed by atoms with Gasteiger partial charge in [-0.2, -0.15) is 12.6 Å². The summed E-state index contributed by atoms with van der Waals surface area (Å²) < 4.78 is 9.31. The minimum Gasteiger partial charge on any atom is -0.465 e. The van der Waals surface area contributed by atoms with Crippen LogP contribution in [0.25, 0.3) is 0 Å². The van der Waals surface area contributed by atoms with Gasteiger partial charge in [0.05, 0.1) is 19.0 Å². The van der Waals surface area contributed by atoms with E-state index in [1.807, 2.05) is 0 Å². The molecule has 0 fully saturated rings. The Hall–Kier alpha value is -0.970. The van der Waals surface area contributed by atoms with E-state index in [1.165, 1.54) is 0 Å². The molecule has 0 aromatic carbocycles. The zero-order valence-corrected chi connectivity index (χ0v) is 8.09. The second-order valence-corrected chi connectivity index (χ2v) is 2.42. The largest absolute Gasteiger partial charge is 0.465 e. The number of ether oxygens (including phenoxy) is 2. The van der Waals surface area contributed by atoms with Crippen LogP contribution in [0.2, 0.25) is 0 Å². The van der Waals surface area contributed by atoms with Crippen molar-refractivity contribution < 1.29 is 19.1 Å². The Morgan fingerprint density at radius 2 is 1.92 bits per heavy atom. The number of hydrogen-bond donors (Lipinski definition) is 1. The molecular formula is C8H12O4S. The molecule has 13 heavy (non-hydrogen) atoms. The van der Waals surface area contributed by atoms with Crippen LogP contribution in [0.15, 0.2) is 12.7 Å². The third-order valence-electron chi connectivity index (χ3n) is 1.09. The molecule has 0 amide bonds. The van der Waals surface area contributed by atoms with Crippen LogP contribution in [0.1, 0.15) is 6.42 Å². The van der Waals surface area contributed by atoms with Crippen LogP contribution < -0.4 is 0 Å². The van der Waals surface area contributed by atoms with Gasteiger partial charge in [0.1, 0.15) is 0 Å². The Morgan fingerprint density at radius 3 is 2.46 bits per heavy atom. The zero-order valence-electron chi connectivity index (χ0n) is 7.19. The van der Waals surface area contributed by atoms with Crippen LogP contribution in [-0.4, -0.2) is 30.9 Å². The van der Waals surface area contributed by atoms with Crippen LogP contribution in [0.3, 0.4) is 0 Å². The summed E-state index contributed by atoms with van der Waals surface area (Å²) in [6, 6.07) is 0. The van der Waals surface area contributed by atoms with Crippen molar-refractivity contribution in [3.63, 3.8) is 0 Å². The lowest BCUT2D eigenvalue weighted by atomic mass is 10.5. The molecule has 0 saturated carbocycles. The first-order valence-electron chi connectivity index (χ1n) is 3.76. The molecule has 0 aliphatic carbocycles. The minimum atomic E-state index is -0.472. The molecule has 0 heterocycles. The molecule has 0 aliphatic heterocycles. The summed E-state index contributed by atoms with van der Waals surface area (Å²) in [4.78, 5) is 21.0. The number of rotatable bonds is 6. The highest BCUT2D eigenvalue weighted by Crippen LogP contribution is 1.88. The van der Waals surface area contributed by atoms with Crippen molar-refractivity contribution in [2.45, 2.75) is 6.42 Å². The van der Waals surface area contributed by atoms with E-state index >= 15 is 0 Å². The van der Waals surface area contributed by atoms with Gasteiger partial charge < -0.3 is 9.47 Å². The molecule has 4 nitrogen and oxygen atoms in total. The smallest absolute Gasteiger partial charge is 0.330 e. The maximum atomic E-state index is 10.5. The van der Waals surface area contributed by atoms with E-state index in [0.29, 0.717) is 6.42 Å². The standard InChI is InChI=1S/C8H12O4S/c1-2-7(9)11-4-3-5-12-8(10)6-13/h2,13H,1,3-6H2. The lowest BCUT2D eigenvalue weighted by molar-refractivity contribution is -0.141. The van der Waals surface area contributed by atoms with Gasteiger partial charge in [-0.25, -0.2) is 4.79 Å². The van der Waals surface area contributed by atoms with Crippen molar-refractivity contribution in [1.82, 2.24) is 0 Å². The molecule has 0 unspecified atom stereocenters. The molecule has 74 valence electrons. The molecule has 5 heteroatoms. The Labute approximate surface area is 82.3 Å². The van der Waals surface area contributed by atoms with Gasteiger partial charge in [-0.1, -0.05) is 6.58 Å². The van der Waals surface area contributed by atoms with Gasteiger partial charge in [0.25, 0.3) is 0 Å². The lowest BCUT2D eigenvalue weighted by Crippen LogP contribution is -2.10. The number of carbonyl (C=O) groups excluding carboxylic acids is 2. The van der Waals surface area contributed by atoms with Gasteiger partial charge in [0.2, 0.25) is 0 Å². The third-order valence-corrected chi connectivity index (χ3v) is 1.35. The third kappa shape index (κ3) is 7.39. The lowest BCUT2D eigenvalue weighted by Gasteiger charge is -2.02. The molecule has 0 atom stereocenters. The minimum absolute atomic E-state index is 0.0619. The number of hydrogen-bond acceptors (Lipinski definition) is 5. The number of thiol groups is 1. The monoisotopic (exact) mass is 204 g/mol. The highest BCUT2D eigenvalue weighted by molar-refractivity contribution is 7.81. The molecule has 0 aromatic heterocycles. The molecule has 0 spiro atoms. The fraction of sp³-hybridized carbons (Fsp3) is 0.500. The maximum Gasteiger partial charge on any atom is 0.330 e. The van der Waals surface area contributed by atoms with E-state index in [0.717, 1.165) is 6.08 Å². The predicted molar refractivity (Wildman–Crippen MR) is 50.6 cm³/mol. The van der Waals surface area contributed by atoms with Gasteiger partial charge >= 0.3 is 11.9 Å². The molecular weight excluding hydrogens is 192 g/mol. The van der Waals surface area contributed by atoms with E-state index in [1.54, 1.807) is 0 Å². The Morgan fingerprint density at radius 1 is 1.31 bits per heavy atom. The van der Waals surface area contributed by atoms with Crippen LogP contribution in [0.4, 0.5) is 0 Å². The average Bonchev–Trinajstić information content (AvgIpc) is 2.16. The molecule has 0 radical (unpaired) electrons. The van der Waals surface area contributed by atoms with E-state index in [9.17, 15) is 9.59 Å². The molecule has 0 aliphatic rings. The summed E-state index contributed by atoms with van der Waals surface area (Å²) >= 11 is 3.72. The second-order valence-electron chi connectivity index (χ2n) is 2.10. The summed E-state index contributed by atoms with van der Waals surface area (Å²) in [5.74, 6) is -0.786. The van der Waals surface area contributed by atoms with Gasteiger partial charge in [-0.05, 0) is 0 Å². The van der Waals surface area contributed by atoms with E-state index in [-0.39, 0.29) is 24.9 Å². The maximum absolute atomic E-state index is 10.5. The van der Waals surface area contributed by atoms with Crippen molar-refractivity contribution >= 4 is 24.6 Å². The molecule has 0 saturated heterocycles. The topological polar surface area (TPSA) is 52.6 Å². The van der Waals surface area contributed by atoms with E-state index in [4.69, 9.17) is 0 Å². The van der Waals surface area contributed by atoms with Crippen molar-refractivity contribution in [2.24, 2.45) is 0 Å². The quantitative estimate of drug-likeness (QED) is 0.297. The fourth-order valence-electron chi connectivity index (χ4n) is 0.522. The van der Waals surface area contributed by atoms with Gasteiger partial charge in [-0.3, -0.25) is 4.79 Å². The average molecular weight is 204 g/mol. The van der Waals surface area contributed by atoms with Gasteiger partial charge in [0, 0.05) is 12.5 Å². The predicted octanol–water partition coefficient (Wildman–Crippen LogP) is 0.579. The van der Waals surface area contributed by atoms with E-state index < -0.39 is 5.97 Å². The van der Waals surface area contributed by atoms with Crippen LogP contribution in [0.5, 0.6) is 0 Å². The molecule has 0 aromatic rings. The zero-order chi connectivity index (χ0) is 10.1. The van der Waals surface area contributed by atoms with Gasteiger partial charge in [0.15, 0.2) is 0 Å². The van der Waals surface area contributed by atoms with Crippen LogP contribution in [0, 0.1) is 0 Å². The number of esters is 2. The summed E-state index contributed by atoms with van der Waals surface area (Å²) in [6.45, 7) is 3.70. The van der Waals surface area contributed by atoms with Crippen molar-refractivity contribution in [3.8, 4) is 0 Å². The second kappa shape index (κ2) is 7.67. The molecule has 0 bridgehead atoms.